The van der Waals surface area contributed by atoms with Crippen LogP contribution in [0.25, 0.3) is 0 Å². The van der Waals surface area contributed by atoms with Crippen LogP contribution in [0.15, 0.2) is 0 Å². The second-order valence-electron chi connectivity index (χ2n) is 4.23. The average Bonchev–Trinajstić information content (AvgIpc) is 2.27. The number of sulfonamides is 1. The highest BCUT2D eigenvalue weighted by molar-refractivity contribution is 7.89. The van der Waals surface area contributed by atoms with Crippen LogP contribution in [0.3, 0.4) is 0 Å². The van der Waals surface area contributed by atoms with E-state index in [1.165, 1.54) is 7.11 Å². The molecule has 1 unspecified atom stereocenters. The van der Waals surface area contributed by atoms with Gasteiger partial charge in [0, 0.05) is 20.2 Å². The maximum atomic E-state index is 11.9. The fourth-order valence-corrected chi connectivity index (χ4v) is 3.53. The molecule has 0 aromatic heterocycles. The molecule has 0 radical (unpaired) electrons. The minimum atomic E-state index is -3.12. The molecule has 1 heterocycles. The fourth-order valence-electron chi connectivity index (χ4n) is 2.05. The quantitative estimate of drug-likeness (QED) is 0.715. The molecule has 1 aliphatic heterocycles. The van der Waals surface area contributed by atoms with Crippen molar-refractivity contribution in [2.24, 2.45) is 5.92 Å². The van der Waals surface area contributed by atoms with Crippen LogP contribution in [0.2, 0.25) is 0 Å². The Morgan fingerprint density at radius 2 is 2.25 bits per heavy atom. The Morgan fingerprint density at radius 3 is 2.88 bits per heavy atom. The molecule has 0 aliphatic carbocycles. The maximum Gasteiger partial charge on any atom is 0.216 e. The minimum Gasteiger partial charge on any atom is -0.384 e. The molecule has 1 N–H and O–H groups in total. The van der Waals surface area contributed by atoms with Crippen molar-refractivity contribution in [1.82, 2.24) is 9.62 Å². The summed E-state index contributed by atoms with van der Waals surface area (Å²) in [6.07, 6.45) is 2.07. The van der Waals surface area contributed by atoms with E-state index >= 15 is 0 Å². The molecule has 0 aromatic carbocycles. The van der Waals surface area contributed by atoms with E-state index in [9.17, 15) is 8.42 Å². The van der Waals surface area contributed by atoms with Gasteiger partial charge in [0.25, 0.3) is 0 Å². The smallest absolute Gasteiger partial charge is 0.216 e. The van der Waals surface area contributed by atoms with Crippen molar-refractivity contribution in [2.75, 3.05) is 46.2 Å². The van der Waals surface area contributed by atoms with Crippen molar-refractivity contribution in [1.29, 1.82) is 0 Å². The molecule has 1 aliphatic rings. The van der Waals surface area contributed by atoms with E-state index in [0.29, 0.717) is 19.0 Å². The number of ether oxygens (including phenoxy) is 1. The third-order valence-corrected chi connectivity index (χ3v) is 4.71. The summed E-state index contributed by atoms with van der Waals surface area (Å²) < 4.78 is 30.3. The molecule has 0 amide bonds. The van der Waals surface area contributed by atoms with E-state index in [1.54, 1.807) is 4.31 Å². The van der Waals surface area contributed by atoms with Crippen LogP contribution in [-0.2, 0) is 14.8 Å². The van der Waals surface area contributed by atoms with Crippen LogP contribution in [0.4, 0.5) is 0 Å². The summed E-state index contributed by atoms with van der Waals surface area (Å²) in [4.78, 5) is 0. The summed E-state index contributed by atoms with van der Waals surface area (Å²) in [5.41, 5.74) is 0. The second kappa shape index (κ2) is 6.54. The Kier molecular flexibility index (Phi) is 5.68. The first kappa shape index (κ1) is 13.9. The van der Waals surface area contributed by atoms with Crippen LogP contribution >= 0.6 is 0 Å². The first-order chi connectivity index (χ1) is 7.60. The molecular formula is C10H22N2O3S. The zero-order valence-electron chi connectivity index (χ0n) is 10.1. The van der Waals surface area contributed by atoms with Gasteiger partial charge in [0.1, 0.15) is 0 Å². The minimum absolute atomic E-state index is 0.0930. The molecule has 0 saturated carbocycles. The normalized spacial score (nSPS) is 23.5. The first-order valence-electron chi connectivity index (χ1n) is 5.71. The number of nitrogens with one attached hydrogen (secondary N) is 1. The summed E-state index contributed by atoms with van der Waals surface area (Å²) in [6, 6.07) is 0. The van der Waals surface area contributed by atoms with E-state index < -0.39 is 10.0 Å². The largest absolute Gasteiger partial charge is 0.384 e. The number of methoxy groups -OCH3 is 1. The molecule has 6 heteroatoms. The van der Waals surface area contributed by atoms with E-state index in [0.717, 1.165) is 19.4 Å². The molecular weight excluding hydrogens is 228 g/mol. The maximum absolute atomic E-state index is 11.9. The van der Waals surface area contributed by atoms with Crippen LogP contribution in [0.5, 0.6) is 0 Å². The molecule has 16 heavy (non-hydrogen) atoms. The van der Waals surface area contributed by atoms with E-state index in [1.807, 2.05) is 7.05 Å². The lowest BCUT2D eigenvalue weighted by Crippen LogP contribution is -2.43. The summed E-state index contributed by atoms with van der Waals surface area (Å²) in [5.74, 6) is 0.534. The molecule has 0 aromatic rings. The summed E-state index contributed by atoms with van der Waals surface area (Å²) in [7, 11) is 0.308. The summed E-state index contributed by atoms with van der Waals surface area (Å²) >= 11 is 0. The van der Waals surface area contributed by atoms with Crippen molar-refractivity contribution in [2.45, 2.75) is 12.8 Å². The fraction of sp³-hybridized carbons (Fsp3) is 1.00. The topological polar surface area (TPSA) is 58.6 Å². The van der Waals surface area contributed by atoms with Crippen molar-refractivity contribution in [3.63, 3.8) is 0 Å². The molecule has 5 nitrogen and oxygen atoms in total. The molecule has 1 saturated heterocycles. The van der Waals surface area contributed by atoms with Gasteiger partial charge in [-0.25, -0.2) is 12.7 Å². The van der Waals surface area contributed by atoms with Crippen molar-refractivity contribution >= 4 is 10.0 Å². The Hall–Kier alpha value is -0.170. The molecule has 96 valence electrons. The zero-order chi connectivity index (χ0) is 12.0. The van der Waals surface area contributed by atoms with Gasteiger partial charge in [0.2, 0.25) is 10.0 Å². The Balaban J connectivity index is 2.52. The van der Waals surface area contributed by atoms with Crippen LogP contribution < -0.4 is 5.32 Å². The van der Waals surface area contributed by atoms with Gasteiger partial charge in [-0.05, 0) is 32.4 Å². The van der Waals surface area contributed by atoms with Crippen LogP contribution in [0.1, 0.15) is 12.8 Å². The highest BCUT2D eigenvalue weighted by atomic mass is 32.2. The van der Waals surface area contributed by atoms with Crippen LogP contribution in [-0.4, -0.2) is 58.9 Å². The third-order valence-electron chi connectivity index (χ3n) is 2.91. The monoisotopic (exact) mass is 250 g/mol. The van der Waals surface area contributed by atoms with Crippen LogP contribution in [0, 0.1) is 5.92 Å². The summed E-state index contributed by atoms with van der Waals surface area (Å²) in [5, 5.41) is 3.11. The SMILES string of the molecule is CNCC1CCCN(S(=O)(=O)CCOC)C1. The Morgan fingerprint density at radius 1 is 1.50 bits per heavy atom. The van der Waals surface area contributed by atoms with Gasteiger partial charge in [-0.15, -0.1) is 0 Å². The zero-order valence-corrected chi connectivity index (χ0v) is 10.9. The average molecular weight is 250 g/mol. The van der Waals surface area contributed by atoms with E-state index in [2.05, 4.69) is 5.32 Å². The lowest BCUT2D eigenvalue weighted by atomic mass is 10.00. The van der Waals surface area contributed by atoms with Gasteiger partial charge in [-0.2, -0.15) is 0 Å². The van der Waals surface area contributed by atoms with Crippen molar-refractivity contribution in [3.05, 3.63) is 0 Å². The number of piperidine rings is 1. The van der Waals surface area contributed by atoms with Crippen molar-refractivity contribution in [3.8, 4) is 0 Å². The highest BCUT2D eigenvalue weighted by Gasteiger charge is 2.28. The number of nitrogens with zero attached hydrogens (tertiary/aromatic N) is 1. The van der Waals surface area contributed by atoms with Gasteiger partial charge >= 0.3 is 0 Å². The molecule has 1 rings (SSSR count). The second-order valence-corrected chi connectivity index (χ2v) is 6.32. The Bertz CT molecular complexity index is 290. The predicted octanol–water partition coefficient (Wildman–Crippen LogP) is -0.106. The van der Waals surface area contributed by atoms with Gasteiger partial charge < -0.3 is 10.1 Å². The predicted molar refractivity (Wildman–Crippen MR) is 63.9 cm³/mol. The Labute approximate surface area is 98.2 Å². The number of rotatable bonds is 6. The molecule has 1 fully saturated rings. The highest BCUT2D eigenvalue weighted by Crippen LogP contribution is 2.18. The summed E-state index contributed by atoms with van der Waals surface area (Å²) in [6.45, 7) is 2.46. The van der Waals surface area contributed by atoms with E-state index in [4.69, 9.17) is 4.74 Å². The lowest BCUT2D eigenvalue weighted by Gasteiger charge is -2.31. The number of hydrogen-bond acceptors (Lipinski definition) is 4. The number of hydrogen-bond donors (Lipinski definition) is 1. The van der Waals surface area contributed by atoms with Gasteiger partial charge in [0.15, 0.2) is 0 Å². The van der Waals surface area contributed by atoms with Gasteiger partial charge in [-0.3, -0.25) is 0 Å². The third kappa shape index (κ3) is 4.01. The van der Waals surface area contributed by atoms with Gasteiger partial charge in [0.05, 0.1) is 12.4 Å². The first-order valence-corrected chi connectivity index (χ1v) is 7.32. The van der Waals surface area contributed by atoms with Crippen molar-refractivity contribution < 1.29 is 13.2 Å². The molecule has 1 atom stereocenters. The van der Waals surface area contributed by atoms with Gasteiger partial charge in [-0.1, -0.05) is 0 Å². The standard InChI is InChI=1S/C10H22N2O3S/c1-11-8-10-4-3-5-12(9-10)16(13,14)7-6-15-2/h10-11H,3-9H2,1-2H3. The lowest BCUT2D eigenvalue weighted by molar-refractivity contribution is 0.212. The van der Waals surface area contributed by atoms with E-state index in [-0.39, 0.29) is 12.4 Å². The molecule has 0 spiro atoms. The molecule has 0 bridgehead atoms.